The minimum absolute atomic E-state index is 0.143. The van der Waals surface area contributed by atoms with Crippen molar-refractivity contribution in [3.8, 4) is 0 Å². The van der Waals surface area contributed by atoms with Crippen molar-refractivity contribution in [2.24, 2.45) is 11.8 Å². The Kier molecular flexibility index (Phi) is 9.63. The summed E-state index contributed by atoms with van der Waals surface area (Å²) >= 11 is 0. The first kappa shape index (κ1) is 22.4. The Bertz CT molecular complexity index is 604. The van der Waals surface area contributed by atoms with Gasteiger partial charge >= 0.3 is 5.97 Å². The zero-order valence-electron chi connectivity index (χ0n) is 17.3. The summed E-state index contributed by atoms with van der Waals surface area (Å²) in [5.41, 5.74) is 0.947. The number of rotatable bonds is 8. The first-order valence-corrected chi connectivity index (χ1v) is 10.0. The molecule has 1 atom stereocenters. The van der Waals surface area contributed by atoms with E-state index in [0.717, 1.165) is 37.5 Å². The van der Waals surface area contributed by atoms with E-state index in [9.17, 15) is 9.59 Å². The minimum Gasteiger partial charge on any atom is -0.464 e. The molecule has 2 heterocycles. The molecule has 5 nitrogen and oxygen atoms in total. The van der Waals surface area contributed by atoms with Gasteiger partial charge in [-0.3, -0.25) is 4.79 Å². The van der Waals surface area contributed by atoms with Crippen molar-refractivity contribution in [2.75, 3.05) is 26.2 Å². The van der Waals surface area contributed by atoms with Crippen LogP contribution in [0.25, 0.3) is 0 Å². The molecule has 0 aliphatic carbocycles. The van der Waals surface area contributed by atoms with E-state index < -0.39 is 6.04 Å². The van der Waals surface area contributed by atoms with Crippen LogP contribution in [0.3, 0.4) is 0 Å². The van der Waals surface area contributed by atoms with Crippen LogP contribution >= 0.6 is 0 Å². The highest BCUT2D eigenvalue weighted by Gasteiger charge is 2.25. The van der Waals surface area contributed by atoms with E-state index in [2.05, 4.69) is 11.8 Å². The van der Waals surface area contributed by atoms with Crippen LogP contribution in [0.15, 0.2) is 23.1 Å². The summed E-state index contributed by atoms with van der Waals surface area (Å²) in [6.07, 6.45) is 3.34. The SMILES string of the molecule is CC.CCOC(=O)C(CC(C)C)n1cc(CCN2CC(C)C2)ccc1=O. The molecule has 0 amide bonds. The van der Waals surface area contributed by atoms with Gasteiger partial charge in [-0.05, 0) is 37.2 Å². The zero-order valence-corrected chi connectivity index (χ0v) is 17.3. The van der Waals surface area contributed by atoms with Gasteiger partial charge in [0.15, 0.2) is 0 Å². The number of pyridine rings is 1. The summed E-state index contributed by atoms with van der Waals surface area (Å²) in [6.45, 7) is 15.8. The average molecular weight is 365 g/mol. The molecule has 0 N–H and O–H groups in total. The molecule has 0 bridgehead atoms. The highest BCUT2D eigenvalue weighted by Crippen LogP contribution is 2.19. The highest BCUT2D eigenvalue weighted by atomic mass is 16.5. The number of likely N-dealkylation sites (tertiary alicyclic amines) is 1. The lowest BCUT2D eigenvalue weighted by atomic mass is 10.0. The second-order valence-corrected chi connectivity index (χ2v) is 7.29. The zero-order chi connectivity index (χ0) is 19.7. The Labute approximate surface area is 158 Å². The first-order valence-electron chi connectivity index (χ1n) is 10.0. The van der Waals surface area contributed by atoms with Gasteiger partial charge in [0.1, 0.15) is 6.04 Å². The molecule has 1 saturated heterocycles. The van der Waals surface area contributed by atoms with E-state index in [1.54, 1.807) is 17.6 Å². The molecular formula is C21H36N2O3. The quantitative estimate of drug-likeness (QED) is 0.662. The lowest BCUT2D eigenvalue weighted by Crippen LogP contribution is -2.45. The van der Waals surface area contributed by atoms with Crippen LogP contribution in [-0.2, 0) is 16.0 Å². The number of hydrogen-bond acceptors (Lipinski definition) is 4. The van der Waals surface area contributed by atoms with Crippen molar-refractivity contribution in [1.82, 2.24) is 9.47 Å². The molecule has 2 rings (SSSR count). The maximum Gasteiger partial charge on any atom is 0.329 e. The second kappa shape index (κ2) is 11.2. The molecule has 1 unspecified atom stereocenters. The van der Waals surface area contributed by atoms with Crippen molar-refractivity contribution in [3.05, 3.63) is 34.2 Å². The van der Waals surface area contributed by atoms with E-state index in [-0.39, 0.29) is 11.5 Å². The van der Waals surface area contributed by atoms with Crippen molar-refractivity contribution in [1.29, 1.82) is 0 Å². The van der Waals surface area contributed by atoms with Gasteiger partial charge in [-0.1, -0.05) is 40.7 Å². The Morgan fingerprint density at radius 1 is 1.27 bits per heavy atom. The van der Waals surface area contributed by atoms with Crippen molar-refractivity contribution < 1.29 is 9.53 Å². The number of carbonyl (C=O) groups excluding carboxylic acids is 1. The summed E-state index contributed by atoms with van der Waals surface area (Å²) < 4.78 is 6.75. The van der Waals surface area contributed by atoms with Crippen molar-refractivity contribution >= 4 is 5.97 Å². The molecule has 0 radical (unpaired) electrons. The fourth-order valence-electron chi connectivity index (χ4n) is 3.25. The van der Waals surface area contributed by atoms with E-state index in [1.807, 2.05) is 40.0 Å². The van der Waals surface area contributed by atoms with Crippen LogP contribution in [0.1, 0.15) is 59.6 Å². The molecule has 1 aromatic heterocycles. The molecule has 1 fully saturated rings. The van der Waals surface area contributed by atoms with Crippen molar-refractivity contribution in [3.63, 3.8) is 0 Å². The van der Waals surface area contributed by atoms with Gasteiger partial charge in [-0.25, -0.2) is 4.79 Å². The van der Waals surface area contributed by atoms with Gasteiger partial charge in [0, 0.05) is 31.9 Å². The molecule has 0 saturated carbocycles. The fourth-order valence-corrected chi connectivity index (χ4v) is 3.25. The number of esters is 1. The third kappa shape index (κ3) is 6.60. The molecule has 148 valence electrons. The third-order valence-electron chi connectivity index (χ3n) is 4.44. The van der Waals surface area contributed by atoms with E-state index in [0.29, 0.717) is 18.9 Å². The van der Waals surface area contributed by atoms with Crippen LogP contribution < -0.4 is 5.56 Å². The standard InChI is InChI=1S/C19H30N2O3.C2H6/c1-5-24-19(23)17(10-14(2)3)21-13-16(6-7-18(21)22)8-9-20-11-15(4)12-20;1-2/h6-7,13-15,17H,5,8-12H2,1-4H3;1-2H3. The highest BCUT2D eigenvalue weighted by molar-refractivity contribution is 5.74. The topological polar surface area (TPSA) is 51.5 Å². The Balaban J connectivity index is 0.00000163. The predicted octanol–water partition coefficient (Wildman–Crippen LogP) is 3.52. The molecule has 1 aromatic rings. The number of nitrogens with zero attached hydrogens (tertiary/aromatic N) is 2. The van der Waals surface area contributed by atoms with Crippen molar-refractivity contribution in [2.45, 2.75) is 60.4 Å². The third-order valence-corrected chi connectivity index (χ3v) is 4.44. The Morgan fingerprint density at radius 3 is 2.46 bits per heavy atom. The van der Waals surface area contributed by atoms with E-state index in [4.69, 9.17) is 4.74 Å². The second-order valence-electron chi connectivity index (χ2n) is 7.29. The number of ether oxygens (including phenoxy) is 1. The van der Waals surface area contributed by atoms with Gasteiger partial charge in [0.05, 0.1) is 6.61 Å². The Hall–Kier alpha value is -1.62. The van der Waals surface area contributed by atoms with Crippen LogP contribution in [-0.4, -0.2) is 41.7 Å². The Morgan fingerprint density at radius 2 is 1.92 bits per heavy atom. The molecule has 5 heteroatoms. The van der Waals surface area contributed by atoms with Gasteiger partial charge in [-0.15, -0.1) is 0 Å². The fraction of sp³-hybridized carbons (Fsp3) is 0.714. The number of aromatic nitrogens is 1. The van der Waals surface area contributed by atoms with Crippen LogP contribution in [0.2, 0.25) is 0 Å². The summed E-state index contributed by atoms with van der Waals surface area (Å²) in [7, 11) is 0. The molecule has 1 aliphatic rings. The first-order chi connectivity index (χ1) is 12.4. The summed E-state index contributed by atoms with van der Waals surface area (Å²) in [5, 5.41) is 0. The predicted molar refractivity (Wildman–Crippen MR) is 106 cm³/mol. The minimum atomic E-state index is -0.540. The monoisotopic (exact) mass is 364 g/mol. The lowest BCUT2D eigenvalue weighted by molar-refractivity contribution is -0.147. The van der Waals surface area contributed by atoms with E-state index in [1.165, 1.54) is 0 Å². The van der Waals surface area contributed by atoms with Gasteiger partial charge in [0.25, 0.3) is 5.56 Å². The van der Waals surface area contributed by atoms with E-state index >= 15 is 0 Å². The normalized spacial score (nSPS) is 15.8. The van der Waals surface area contributed by atoms with Gasteiger partial charge in [-0.2, -0.15) is 0 Å². The van der Waals surface area contributed by atoms with Crippen LogP contribution in [0.4, 0.5) is 0 Å². The summed E-state index contributed by atoms with van der Waals surface area (Å²) in [5.74, 6) is 0.776. The molecular weight excluding hydrogens is 328 g/mol. The smallest absolute Gasteiger partial charge is 0.329 e. The molecule has 26 heavy (non-hydrogen) atoms. The molecule has 1 aliphatic heterocycles. The number of carbonyl (C=O) groups is 1. The van der Waals surface area contributed by atoms with Crippen LogP contribution in [0.5, 0.6) is 0 Å². The maximum absolute atomic E-state index is 12.3. The molecule has 0 spiro atoms. The molecule has 0 aromatic carbocycles. The number of hydrogen-bond donors (Lipinski definition) is 0. The largest absolute Gasteiger partial charge is 0.464 e. The lowest BCUT2D eigenvalue weighted by Gasteiger charge is -2.37. The van der Waals surface area contributed by atoms with Crippen LogP contribution in [0, 0.1) is 11.8 Å². The van der Waals surface area contributed by atoms with Gasteiger partial charge < -0.3 is 14.2 Å². The van der Waals surface area contributed by atoms with Gasteiger partial charge in [0.2, 0.25) is 0 Å². The summed E-state index contributed by atoms with van der Waals surface area (Å²) in [4.78, 5) is 27.0. The maximum atomic E-state index is 12.3. The average Bonchev–Trinajstić information content (AvgIpc) is 2.59. The summed E-state index contributed by atoms with van der Waals surface area (Å²) in [6, 6.07) is 2.90.